The van der Waals surface area contributed by atoms with Crippen molar-refractivity contribution >= 4 is 11.9 Å². The molecule has 1 rings (SSSR count). The maximum Gasteiger partial charge on any atom is 0.307 e. The minimum atomic E-state index is -0.295. The van der Waals surface area contributed by atoms with Gasteiger partial charge in [0.2, 0.25) is 5.91 Å². The lowest BCUT2D eigenvalue weighted by molar-refractivity contribution is -0.140. The van der Waals surface area contributed by atoms with Crippen LogP contribution < -0.4 is 5.32 Å². The zero-order valence-electron chi connectivity index (χ0n) is 11.4. The van der Waals surface area contributed by atoms with Crippen LogP contribution in [0.3, 0.4) is 0 Å². The molecular weight excluding hydrogens is 232 g/mol. The zero-order chi connectivity index (χ0) is 13.4. The van der Waals surface area contributed by atoms with Gasteiger partial charge in [-0.05, 0) is 19.9 Å². The molecule has 18 heavy (non-hydrogen) atoms. The molecule has 104 valence electrons. The van der Waals surface area contributed by atoms with Gasteiger partial charge < -0.3 is 10.1 Å². The number of likely N-dealkylation sites (N-methyl/N-ethyl adjacent to an activating group) is 1. The monoisotopic (exact) mass is 256 g/mol. The SMILES string of the molecule is COC(=O)CCNC(=O)CN(C)C1CCCCC1. The molecule has 0 aliphatic heterocycles. The number of carbonyl (C=O) groups is 2. The normalized spacial score (nSPS) is 16.6. The van der Waals surface area contributed by atoms with Gasteiger partial charge >= 0.3 is 5.97 Å². The molecule has 0 radical (unpaired) electrons. The van der Waals surface area contributed by atoms with Crippen molar-refractivity contribution in [1.29, 1.82) is 0 Å². The van der Waals surface area contributed by atoms with Crippen LogP contribution in [0.1, 0.15) is 38.5 Å². The maximum absolute atomic E-state index is 11.7. The van der Waals surface area contributed by atoms with Gasteiger partial charge in [0.05, 0.1) is 20.1 Å². The van der Waals surface area contributed by atoms with Gasteiger partial charge in [-0.1, -0.05) is 19.3 Å². The minimum absolute atomic E-state index is 0.0213. The number of rotatable bonds is 6. The van der Waals surface area contributed by atoms with Crippen LogP contribution in [0.15, 0.2) is 0 Å². The van der Waals surface area contributed by atoms with Crippen molar-refractivity contribution in [3.63, 3.8) is 0 Å². The number of nitrogens with one attached hydrogen (secondary N) is 1. The number of hydrogen-bond donors (Lipinski definition) is 1. The summed E-state index contributed by atoms with van der Waals surface area (Å²) in [4.78, 5) is 24.7. The summed E-state index contributed by atoms with van der Waals surface area (Å²) < 4.78 is 4.51. The second-order valence-electron chi connectivity index (χ2n) is 4.88. The van der Waals surface area contributed by atoms with Gasteiger partial charge in [-0.25, -0.2) is 0 Å². The third-order valence-electron chi connectivity index (χ3n) is 3.47. The van der Waals surface area contributed by atoms with Gasteiger partial charge in [0.15, 0.2) is 0 Å². The van der Waals surface area contributed by atoms with E-state index in [-0.39, 0.29) is 18.3 Å². The Balaban J connectivity index is 2.16. The molecule has 1 aliphatic rings. The Morgan fingerprint density at radius 1 is 1.28 bits per heavy atom. The highest BCUT2D eigenvalue weighted by atomic mass is 16.5. The fraction of sp³-hybridized carbons (Fsp3) is 0.846. The molecule has 5 heteroatoms. The predicted molar refractivity (Wildman–Crippen MR) is 69.1 cm³/mol. The Morgan fingerprint density at radius 3 is 2.56 bits per heavy atom. The second-order valence-corrected chi connectivity index (χ2v) is 4.88. The number of esters is 1. The average Bonchev–Trinajstić information content (AvgIpc) is 2.39. The Labute approximate surface area is 109 Å². The van der Waals surface area contributed by atoms with Crippen molar-refractivity contribution in [2.75, 3.05) is 27.2 Å². The van der Waals surface area contributed by atoms with E-state index in [1.165, 1.54) is 39.2 Å². The van der Waals surface area contributed by atoms with Gasteiger partial charge in [0, 0.05) is 12.6 Å². The molecule has 1 aliphatic carbocycles. The number of nitrogens with zero attached hydrogens (tertiary/aromatic N) is 1. The topological polar surface area (TPSA) is 58.6 Å². The molecule has 1 fully saturated rings. The molecule has 0 spiro atoms. The molecular formula is C13H24N2O3. The number of hydrogen-bond acceptors (Lipinski definition) is 4. The molecule has 0 unspecified atom stereocenters. The lowest BCUT2D eigenvalue weighted by Crippen LogP contribution is -2.41. The lowest BCUT2D eigenvalue weighted by Gasteiger charge is -2.30. The van der Waals surface area contributed by atoms with Crippen molar-refractivity contribution in [1.82, 2.24) is 10.2 Å². The Hall–Kier alpha value is -1.10. The second kappa shape index (κ2) is 8.08. The first-order chi connectivity index (χ1) is 8.63. The van der Waals surface area contributed by atoms with Crippen LogP contribution in [-0.2, 0) is 14.3 Å². The first-order valence-electron chi connectivity index (χ1n) is 6.67. The van der Waals surface area contributed by atoms with Crippen LogP contribution in [0.25, 0.3) is 0 Å². The van der Waals surface area contributed by atoms with Crippen molar-refractivity contribution in [3.8, 4) is 0 Å². The first kappa shape index (κ1) is 15.0. The largest absolute Gasteiger partial charge is 0.469 e. The van der Waals surface area contributed by atoms with E-state index < -0.39 is 0 Å². The standard InChI is InChI=1S/C13H24N2O3/c1-15(11-6-4-3-5-7-11)10-12(16)14-9-8-13(17)18-2/h11H,3-10H2,1-2H3,(H,14,16). The molecule has 0 heterocycles. The smallest absolute Gasteiger partial charge is 0.307 e. The van der Waals surface area contributed by atoms with E-state index in [1.807, 2.05) is 7.05 Å². The molecule has 1 saturated carbocycles. The molecule has 0 atom stereocenters. The molecule has 0 aromatic heterocycles. The highest BCUT2D eigenvalue weighted by Crippen LogP contribution is 2.21. The fourth-order valence-corrected chi connectivity index (χ4v) is 2.34. The summed E-state index contributed by atoms with van der Waals surface area (Å²) in [5.74, 6) is -0.317. The van der Waals surface area contributed by atoms with Gasteiger partial charge in [0.1, 0.15) is 0 Å². The summed E-state index contributed by atoms with van der Waals surface area (Å²) in [5, 5.41) is 2.74. The molecule has 0 bridgehead atoms. The number of ether oxygens (including phenoxy) is 1. The van der Waals surface area contributed by atoms with Gasteiger partial charge in [-0.3, -0.25) is 14.5 Å². The number of methoxy groups -OCH3 is 1. The maximum atomic E-state index is 11.7. The summed E-state index contributed by atoms with van der Waals surface area (Å²) in [6.45, 7) is 0.760. The van der Waals surface area contributed by atoms with Gasteiger partial charge in [0.25, 0.3) is 0 Å². The van der Waals surface area contributed by atoms with Crippen molar-refractivity contribution in [3.05, 3.63) is 0 Å². The van der Waals surface area contributed by atoms with E-state index in [4.69, 9.17) is 0 Å². The quantitative estimate of drug-likeness (QED) is 0.718. The van der Waals surface area contributed by atoms with Crippen molar-refractivity contribution in [2.45, 2.75) is 44.6 Å². The Kier molecular flexibility index (Phi) is 6.72. The van der Waals surface area contributed by atoms with Crippen LogP contribution >= 0.6 is 0 Å². The van der Waals surface area contributed by atoms with Crippen LogP contribution in [0.4, 0.5) is 0 Å². The van der Waals surface area contributed by atoms with E-state index >= 15 is 0 Å². The summed E-state index contributed by atoms with van der Waals surface area (Å²) >= 11 is 0. The molecule has 0 aromatic rings. The summed E-state index contributed by atoms with van der Waals surface area (Å²) in [5.41, 5.74) is 0. The van der Waals surface area contributed by atoms with Crippen LogP contribution in [0, 0.1) is 0 Å². The molecule has 5 nitrogen and oxygen atoms in total. The molecule has 1 N–H and O–H groups in total. The molecule has 0 aromatic carbocycles. The highest BCUT2D eigenvalue weighted by molar-refractivity contribution is 5.78. The van der Waals surface area contributed by atoms with Crippen LogP contribution in [-0.4, -0.2) is 50.1 Å². The van der Waals surface area contributed by atoms with E-state index in [2.05, 4.69) is 15.0 Å². The van der Waals surface area contributed by atoms with E-state index in [0.29, 0.717) is 19.1 Å². The van der Waals surface area contributed by atoms with E-state index in [9.17, 15) is 9.59 Å². The van der Waals surface area contributed by atoms with Crippen LogP contribution in [0.2, 0.25) is 0 Å². The third-order valence-corrected chi connectivity index (χ3v) is 3.47. The predicted octanol–water partition coefficient (Wildman–Crippen LogP) is 0.930. The Morgan fingerprint density at radius 2 is 1.94 bits per heavy atom. The van der Waals surface area contributed by atoms with Crippen molar-refractivity contribution in [2.24, 2.45) is 0 Å². The molecule has 1 amide bonds. The number of amides is 1. The van der Waals surface area contributed by atoms with Gasteiger partial charge in [-0.15, -0.1) is 0 Å². The highest BCUT2D eigenvalue weighted by Gasteiger charge is 2.19. The van der Waals surface area contributed by atoms with E-state index in [0.717, 1.165) is 0 Å². The summed E-state index contributed by atoms with van der Waals surface area (Å²) in [6, 6.07) is 0.533. The zero-order valence-corrected chi connectivity index (χ0v) is 11.4. The lowest BCUT2D eigenvalue weighted by atomic mass is 9.94. The Bertz CT molecular complexity index is 275. The average molecular weight is 256 g/mol. The third kappa shape index (κ3) is 5.49. The summed E-state index contributed by atoms with van der Waals surface area (Å²) in [7, 11) is 3.34. The van der Waals surface area contributed by atoms with Crippen LogP contribution in [0.5, 0.6) is 0 Å². The van der Waals surface area contributed by atoms with Crippen molar-refractivity contribution < 1.29 is 14.3 Å². The fourth-order valence-electron chi connectivity index (χ4n) is 2.34. The molecule has 0 saturated heterocycles. The minimum Gasteiger partial charge on any atom is -0.469 e. The number of carbonyl (C=O) groups excluding carboxylic acids is 2. The van der Waals surface area contributed by atoms with Gasteiger partial charge in [-0.2, -0.15) is 0 Å². The van der Waals surface area contributed by atoms with E-state index in [1.54, 1.807) is 0 Å². The summed E-state index contributed by atoms with van der Waals surface area (Å²) in [6.07, 6.45) is 6.45. The first-order valence-corrected chi connectivity index (χ1v) is 6.67.